The summed E-state index contributed by atoms with van der Waals surface area (Å²) in [7, 11) is 0. The second-order valence-corrected chi connectivity index (χ2v) is 4.26. The van der Waals surface area contributed by atoms with Gasteiger partial charge in [-0.25, -0.2) is 0 Å². The van der Waals surface area contributed by atoms with Crippen LogP contribution in [0, 0.1) is 13.8 Å². The molecule has 1 aliphatic rings. The lowest BCUT2D eigenvalue weighted by atomic mass is 9.76. The molecule has 1 aliphatic heterocycles. The van der Waals surface area contributed by atoms with Crippen molar-refractivity contribution in [3.8, 4) is 0 Å². The van der Waals surface area contributed by atoms with Gasteiger partial charge in [0.25, 0.3) is 0 Å². The van der Waals surface area contributed by atoms with E-state index in [1.807, 2.05) is 26.0 Å². The van der Waals surface area contributed by atoms with E-state index in [0.717, 1.165) is 11.1 Å². The molecule has 1 amide bonds. The van der Waals surface area contributed by atoms with Crippen LogP contribution in [-0.4, -0.2) is 19.1 Å². The van der Waals surface area contributed by atoms with E-state index in [-0.39, 0.29) is 5.91 Å². The summed E-state index contributed by atoms with van der Waals surface area (Å²) in [5.41, 5.74) is 8.17. The summed E-state index contributed by atoms with van der Waals surface area (Å²) in [6.45, 7) is 4.86. The number of hydrogen-bond acceptors (Lipinski definition) is 2. The van der Waals surface area contributed by atoms with Gasteiger partial charge in [0.15, 0.2) is 0 Å². The van der Waals surface area contributed by atoms with Crippen LogP contribution in [0.1, 0.15) is 16.7 Å². The van der Waals surface area contributed by atoms with Crippen molar-refractivity contribution in [2.45, 2.75) is 19.3 Å². The highest BCUT2D eigenvalue weighted by molar-refractivity contribution is 5.88. The van der Waals surface area contributed by atoms with Gasteiger partial charge in [0.2, 0.25) is 5.91 Å². The zero-order valence-corrected chi connectivity index (χ0v) is 9.04. The number of nitrogens with two attached hydrogens (primary N) is 1. The topological polar surface area (TPSA) is 52.3 Å². The lowest BCUT2D eigenvalue weighted by Gasteiger charge is -2.39. The number of benzene rings is 1. The number of amides is 1. The highest BCUT2D eigenvalue weighted by Gasteiger charge is 2.46. The molecular weight excluding hydrogens is 190 g/mol. The van der Waals surface area contributed by atoms with Crippen LogP contribution < -0.4 is 5.73 Å². The van der Waals surface area contributed by atoms with Crippen LogP contribution in [0.5, 0.6) is 0 Å². The molecule has 1 saturated heterocycles. The number of primary amides is 1. The number of hydrogen-bond donors (Lipinski definition) is 1. The van der Waals surface area contributed by atoms with E-state index >= 15 is 0 Å². The Labute approximate surface area is 89.2 Å². The predicted molar refractivity (Wildman–Crippen MR) is 57.6 cm³/mol. The first-order chi connectivity index (χ1) is 7.06. The summed E-state index contributed by atoms with van der Waals surface area (Å²) in [4.78, 5) is 11.5. The van der Waals surface area contributed by atoms with Gasteiger partial charge in [-0.2, -0.15) is 0 Å². The van der Waals surface area contributed by atoms with Crippen LogP contribution in [0.25, 0.3) is 0 Å². The van der Waals surface area contributed by atoms with Gasteiger partial charge in [-0.15, -0.1) is 0 Å². The normalized spacial score (nSPS) is 18.3. The molecule has 0 aliphatic carbocycles. The summed E-state index contributed by atoms with van der Waals surface area (Å²) in [5, 5.41) is 0. The molecule has 2 rings (SSSR count). The molecule has 80 valence electrons. The van der Waals surface area contributed by atoms with Crippen molar-refractivity contribution in [2.24, 2.45) is 5.73 Å². The Morgan fingerprint density at radius 2 is 2.07 bits per heavy atom. The number of ether oxygens (including phenoxy) is 1. The zero-order valence-electron chi connectivity index (χ0n) is 9.04. The minimum atomic E-state index is -0.586. The molecule has 0 atom stereocenters. The fraction of sp³-hybridized carbons (Fsp3) is 0.417. The maximum absolute atomic E-state index is 11.5. The molecular formula is C12H15NO2. The fourth-order valence-electron chi connectivity index (χ4n) is 2.09. The Kier molecular flexibility index (Phi) is 2.27. The highest BCUT2D eigenvalue weighted by Crippen LogP contribution is 2.34. The number of carbonyl (C=O) groups is 1. The second kappa shape index (κ2) is 3.35. The number of carbonyl (C=O) groups excluding carboxylic acids is 1. The van der Waals surface area contributed by atoms with Gasteiger partial charge in [-0.3, -0.25) is 4.79 Å². The van der Waals surface area contributed by atoms with Crippen molar-refractivity contribution in [2.75, 3.05) is 13.2 Å². The molecule has 1 aromatic carbocycles. The Bertz CT molecular complexity index is 408. The molecule has 0 spiro atoms. The Morgan fingerprint density at radius 1 is 1.40 bits per heavy atom. The molecule has 3 heteroatoms. The van der Waals surface area contributed by atoms with E-state index in [1.54, 1.807) is 0 Å². The molecule has 1 heterocycles. The number of rotatable bonds is 2. The number of aryl methyl sites for hydroxylation is 2. The minimum absolute atomic E-state index is 0.291. The fourth-order valence-corrected chi connectivity index (χ4v) is 2.09. The molecule has 0 bridgehead atoms. The quantitative estimate of drug-likeness (QED) is 0.784. The van der Waals surface area contributed by atoms with Crippen molar-refractivity contribution in [1.82, 2.24) is 0 Å². The smallest absolute Gasteiger partial charge is 0.232 e. The van der Waals surface area contributed by atoms with Gasteiger partial charge in [-0.05, 0) is 25.0 Å². The van der Waals surface area contributed by atoms with Crippen molar-refractivity contribution < 1.29 is 9.53 Å². The van der Waals surface area contributed by atoms with Crippen LogP contribution >= 0.6 is 0 Å². The van der Waals surface area contributed by atoms with Crippen molar-refractivity contribution in [1.29, 1.82) is 0 Å². The third kappa shape index (κ3) is 1.43. The molecule has 2 N–H and O–H groups in total. The standard InChI is InChI=1S/C12H15NO2/c1-8-3-4-10(9(2)5-8)12(11(13)14)6-15-7-12/h3-5H,6-7H2,1-2H3,(H2,13,14). The maximum Gasteiger partial charge on any atom is 0.232 e. The SMILES string of the molecule is Cc1ccc(C2(C(N)=O)COC2)c(C)c1. The lowest BCUT2D eigenvalue weighted by Crippen LogP contribution is -2.56. The maximum atomic E-state index is 11.5. The zero-order chi connectivity index (χ0) is 11.1. The average Bonchev–Trinajstić information content (AvgIpc) is 2.05. The Balaban J connectivity index is 2.48. The van der Waals surface area contributed by atoms with Gasteiger partial charge >= 0.3 is 0 Å². The predicted octanol–water partition coefficient (Wildman–Crippen LogP) is 1.06. The van der Waals surface area contributed by atoms with E-state index in [4.69, 9.17) is 10.5 Å². The summed E-state index contributed by atoms with van der Waals surface area (Å²) in [5.74, 6) is -0.291. The molecule has 1 aromatic rings. The molecule has 0 unspecified atom stereocenters. The van der Waals surface area contributed by atoms with Crippen LogP contribution in [0.15, 0.2) is 18.2 Å². The minimum Gasteiger partial charge on any atom is -0.378 e. The van der Waals surface area contributed by atoms with Gasteiger partial charge in [0.1, 0.15) is 5.41 Å². The first-order valence-electron chi connectivity index (χ1n) is 5.02. The molecule has 0 aromatic heterocycles. The highest BCUT2D eigenvalue weighted by atomic mass is 16.5. The van der Waals surface area contributed by atoms with Crippen LogP contribution in [0.2, 0.25) is 0 Å². The molecule has 0 radical (unpaired) electrons. The molecule has 3 nitrogen and oxygen atoms in total. The average molecular weight is 205 g/mol. The van der Waals surface area contributed by atoms with Gasteiger partial charge in [0, 0.05) is 0 Å². The molecule has 15 heavy (non-hydrogen) atoms. The second-order valence-electron chi connectivity index (χ2n) is 4.26. The van der Waals surface area contributed by atoms with E-state index in [1.165, 1.54) is 5.56 Å². The summed E-state index contributed by atoms with van der Waals surface area (Å²) >= 11 is 0. The first-order valence-corrected chi connectivity index (χ1v) is 5.02. The van der Waals surface area contributed by atoms with Gasteiger partial charge in [0.05, 0.1) is 13.2 Å². The van der Waals surface area contributed by atoms with Crippen LogP contribution in [-0.2, 0) is 14.9 Å². The van der Waals surface area contributed by atoms with Crippen molar-refractivity contribution in [3.05, 3.63) is 34.9 Å². The summed E-state index contributed by atoms with van der Waals surface area (Å²) < 4.78 is 5.14. The van der Waals surface area contributed by atoms with Crippen LogP contribution in [0.4, 0.5) is 0 Å². The third-order valence-electron chi connectivity index (χ3n) is 3.07. The summed E-state index contributed by atoms with van der Waals surface area (Å²) in [6.07, 6.45) is 0. The van der Waals surface area contributed by atoms with E-state index in [0.29, 0.717) is 13.2 Å². The molecule has 1 fully saturated rings. The summed E-state index contributed by atoms with van der Waals surface area (Å²) in [6, 6.07) is 6.06. The largest absolute Gasteiger partial charge is 0.378 e. The lowest BCUT2D eigenvalue weighted by molar-refractivity contribution is -0.141. The van der Waals surface area contributed by atoms with Gasteiger partial charge in [-0.1, -0.05) is 23.8 Å². The monoisotopic (exact) mass is 205 g/mol. The molecule has 0 saturated carbocycles. The van der Waals surface area contributed by atoms with Crippen LogP contribution in [0.3, 0.4) is 0 Å². The van der Waals surface area contributed by atoms with Gasteiger partial charge < -0.3 is 10.5 Å². The van der Waals surface area contributed by atoms with E-state index in [9.17, 15) is 4.79 Å². The van der Waals surface area contributed by atoms with E-state index in [2.05, 4.69) is 6.07 Å². The third-order valence-corrected chi connectivity index (χ3v) is 3.07. The van der Waals surface area contributed by atoms with E-state index < -0.39 is 5.41 Å². The Hall–Kier alpha value is -1.35. The van der Waals surface area contributed by atoms with Crippen molar-refractivity contribution in [3.63, 3.8) is 0 Å². The first kappa shape index (κ1) is 10.2. The Morgan fingerprint density at radius 3 is 2.47 bits per heavy atom. The van der Waals surface area contributed by atoms with Crippen molar-refractivity contribution >= 4 is 5.91 Å².